The van der Waals surface area contributed by atoms with Crippen molar-refractivity contribution in [3.63, 3.8) is 0 Å². The summed E-state index contributed by atoms with van der Waals surface area (Å²) in [5.74, 6) is 1.92. The largest absolute Gasteiger partial charge is 0.365 e. The quantitative estimate of drug-likeness (QED) is 0.520. The fraction of sp³-hybridized carbons (Fsp3) is 0.409. The summed E-state index contributed by atoms with van der Waals surface area (Å²) in [5.41, 5.74) is 3.38. The molecule has 2 fully saturated rings. The molecule has 2 aliphatic heterocycles. The highest BCUT2D eigenvalue weighted by molar-refractivity contribution is 14.1. The topological polar surface area (TPSA) is 26.8 Å². The lowest BCUT2D eigenvalue weighted by molar-refractivity contribution is -0.122. The van der Waals surface area contributed by atoms with E-state index in [9.17, 15) is 4.79 Å². The number of hydrogen-bond donors (Lipinski definition) is 0. The third-order valence-corrected chi connectivity index (χ3v) is 8.05. The van der Waals surface area contributed by atoms with E-state index in [0.29, 0.717) is 12.6 Å². The number of benzene rings is 2. The van der Waals surface area contributed by atoms with Crippen LogP contribution in [-0.2, 0) is 11.3 Å². The van der Waals surface area contributed by atoms with Crippen LogP contribution in [0.3, 0.4) is 0 Å². The summed E-state index contributed by atoms with van der Waals surface area (Å²) in [6.45, 7) is 2.41. The molecule has 2 aromatic rings. The average Bonchev–Trinajstić information content (AvgIpc) is 3.48. The molecule has 2 heterocycles. The number of anilines is 2. The Kier molecular flexibility index (Phi) is 5.71. The van der Waals surface area contributed by atoms with Gasteiger partial charge in [-0.1, -0.05) is 23.7 Å². The van der Waals surface area contributed by atoms with E-state index >= 15 is 0 Å². The molecule has 0 radical (unpaired) electrons. The second kappa shape index (κ2) is 8.29. The molecular weight excluding hydrogens is 517 g/mol. The Morgan fingerprint density at radius 2 is 1.93 bits per heavy atom. The monoisotopic (exact) mass is 539 g/mol. The first kappa shape index (κ1) is 20.0. The van der Waals surface area contributed by atoms with Crippen LogP contribution in [-0.4, -0.2) is 47.6 Å². The van der Waals surface area contributed by atoms with Crippen molar-refractivity contribution in [2.75, 3.05) is 34.5 Å². The number of rotatable bonds is 4. The van der Waals surface area contributed by atoms with E-state index in [1.165, 1.54) is 22.1 Å². The predicted molar refractivity (Wildman–Crippen MR) is 130 cm³/mol. The molecular formula is C22H23ClIN3OS. The molecule has 29 heavy (non-hydrogen) atoms. The van der Waals surface area contributed by atoms with Gasteiger partial charge in [0.25, 0.3) is 0 Å². The molecule has 1 amide bonds. The molecule has 5 rings (SSSR count). The molecule has 1 aliphatic carbocycles. The van der Waals surface area contributed by atoms with Crippen molar-refractivity contribution >= 4 is 63.2 Å². The lowest BCUT2D eigenvalue weighted by Gasteiger charge is -2.39. The summed E-state index contributed by atoms with van der Waals surface area (Å²) in [6.07, 6.45) is 2.54. The zero-order chi connectivity index (χ0) is 20.0. The molecule has 2 aromatic carbocycles. The molecule has 0 spiro atoms. The van der Waals surface area contributed by atoms with Gasteiger partial charge in [0, 0.05) is 45.9 Å². The Morgan fingerprint density at radius 3 is 2.72 bits per heavy atom. The van der Waals surface area contributed by atoms with Crippen LogP contribution in [0.2, 0.25) is 5.02 Å². The van der Waals surface area contributed by atoms with Gasteiger partial charge in [0.1, 0.15) is 0 Å². The number of hydrogen-bond acceptors (Lipinski definition) is 4. The summed E-state index contributed by atoms with van der Waals surface area (Å²) in [6, 6.07) is 15.0. The number of halogens is 2. The van der Waals surface area contributed by atoms with Gasteiger partial charge in [0.2, 0.25) is 5.91 Å². The van der Waals surface area contributed by atoms with Crippen molar-refractivity contribution in [1.29, 1.82) is 0 Å². The molecule has 0 unspecified atom stereocenters. The van der Waals surface area contributed by atoms with Gasteiger partial charge in [-0.15, -0.1) is 11.8 Å². The van der Waals surface area contributed by atoms with Crippen LogP contribution in [0.1, 0.15) is 18.4 Å². The number of carbonyl (C=O) groups excluding carboxylic acids is 1. The highest BCUT2D eigenvalue weighted by Gasteiger charge is 2.39. The van der Waals surface area contributed by atoms with E-state index in [4.69, 9.17) is 11.6 Å². The first-order chi connectivity index (χ1) is 14.1. The molecule has 1 saturated heterocycles. The van der Waals surface area contributed by atoms with Gasteiger partial charge in [-0.25, -0.2) is 0 Å². The normalized spacial score (nSPS) is 22.1. The maximum atomic E-state index is 13.6. The van der Waals surface area contributed by atoms with Crippen molar-refractivity contribution in [2.45, 2.75) is 31.5 Å². The number of fused-ring (bicyclic) bond motifs is 1. The zero-order valence-corrected chi connectivity index (χ0v) is 19.8. The predicted octanol–water partition coefficient (Wildman–Crippen LogP) is 4.84. The van der Waals surface area contributed by atoms with Crippen LogP contribution in [0.15, 0.2) is 42.5 Å². The smallest absolute Gasteiger partial charge is 0.245 e. The zero-order valence-electron chi connectivity index (χ0n) is 16.1. The first-order valence-corrected chi connectivity index (χ1v) is 12.7. The van der Waals surface area contributed by atoms with Gasteiger partial charge in [-0.3, -0.25) is 9.69 Å². The minimum absolute atomic E-state index is 0.102. The summed E-state index contributed by atoms with van der Waals surface area (Å²) >= 11 is 10.6. The minimum atomic E-state index is -0.102. The summed E-state index contributed by atoms with van der Waals surface area (Å²) in [7, 11) is 0. The maximum Gasteiger partial charge on any atom is 0.245 e. The lowest BCUT2D eigenvalue weighted by atomic mass is 10.1. The van der Waals surface area contributed by atoms with E-state index in [1.54, 1.807) is 0 Å². The van der Waals surface area contributed by atoms with E-state index in [0.717, 1.165) is 41.0 Å². The number of para-hydroxylation sites is 2. The van der Waals surface area contributed by atoms with Crippen LogP contribution in [0.4, 0.5) is 11.4 Å². The Labute approximate surface area is 194 Å². The highest BCUT2D eigenvalue weighted by atomic mass is 127. The molecule has 0 bridgehead atoms. The Balaban J connectivity index is 1.38. The van der Waals surface area contributed by atoms with Crippen molar-refractivity contribution < 1.29 is 4.79 Å². The Bertz CT molecular complexity index is 938. The molecule has 0 N–H and O–H groups in total. The third kappa shape index (κ3) is 4.01. The van der Waals surface area contributed by atoms with E-state index in [1.807, 2.05) is 34.9 Å². The Morgan fingerprint density at radius 1 is 1.14 bits per heavy atom. The summed E-state index contributed by atoms with van der Waals surface area (Å²) in [5, 5.41) is 0.775. The van der Waals surface area contributed by atoms with Crippen LogP contribution in [0.25, 0.3) is 0 Å². The van der Waals surface area contributed by atoms with Gasteiger partial charge in [0.15, 0.2) is 0 Å². The second-order valence-electron chi connectivity index (χ2n) is 7.90. The molecule has 4 nitrogen and oxygen atoms in total. The standard InChI is InChI=1S/C22H23ClIN3OS/c23-18-8-5-16(24)11-15(18)12-25-14-29-13-21(25)22(28)27-10-9-26(17-6-7-17)19-3-1-2-4-20(19)27/h1-5,8,11,17,21H,6-7,9-10,12-14H2/t21-/m0/s1. The van der Waals surface area contributed by atoms with Gasteiger partial charge in [-0.05, 0) is 71.3 Å². The van der Waals surface area contributed by atoms with Crippen LogP contribution < -0.4 is 9.80 Å². The number of nitrogens with zero attached hydrogens (tertiary/aromatic N) is 3. The molecule has 3 aliphatic rings. The van der Waals surface area contributed by atoms with Gasteiger partial charge in [0.05, 0.1) is 17.4 Å². The van der Waals surface area contributed by atoms with Gasteiger partial charge in [-0.2, -0.15) is 0 Å². The number of thioether (sulfide) groups is 1. The van der Waals surface area contributed by atoms with E-state index in [-0.39, 0.29) is 11.9 Å². The minimum Gasteiger partial charge on any atom is -0.365 e. The summed E-state index contributed by atoms with van der Waals surface area (Å²) in [4.78, 5) is 20.4. The van der Waals surface area contributed by atoms with Crippen LogP contribution in [0, 0.1) is 3.57 Å². The van der Waals surface area contributed by atoms with Gasteiger partial charge < -0.3 is 9.80 Å². The molecule has 0 aromatic heterocycles. The summed E-state index contributed by atoms with van der Waals surface area (Å²) < 4.78 is 1.17. The fourth-order valence-corrected chi connectivity index (χ4v) is 6.22. The molecule has 1 saturated carbocycles. The van der Waals surface area contributed by atoms with Crippen LogP contribution >= 0.6 is 46.0 Å². The average molecular weight is 540 g/mol. The number of carbonyl (C=O) groups is 1. The SMILES string of the molecule is O=C([C@@H]1CSCN1Cc1cc(I)ccc1Cl)N1CCN(C2CC2)c2ccccc21. The van der Waals surface area contributed by atoms with Crippen LogP contribution in [0.5, 0.6) is 0 Å². The number of amides is 1. The molecule has 7 heteroatoms. The highest BCUT2D eigenvalue weighted by Crippen LogP contribution is 2.40. The van der Waals surface area contributed by atoms with Crippen molar-refractivity contribution in [3.8, 4) is 0 Å². The van der Waals surface area contributed by atoms with E-state index in [2.05, 4.69) is 56.7 Å². The fourth-order valence-electron chi connectivity index (χ4n) is 4.30. The van der Waals surface area contributed by atoms with Crippen molar-refractivity contribution in [3.05, 3.63) is 56.6 Å². The van der Waals surface area contributed by atoms with Crippen molar-refractivity contribution in [1.82, 2.24) is 4.90 Å². The first-order valence-electron chi connectivity index (χ1n) is 10.0. The second-order valence-corrected chi connectivity index (χ2v) is 10.6. The lowest BCUT2D eigenvalue weighted by Crippen LogP contribution is -2.52. The van der Waals surface area contributed by atoms with Gasteiger partial charge >= 0.3 is 0 Å². The molecule has 152 valence electrons. The van der Waals surface area contributed by atoms with E-state index < -0.39 is 0 Å². The third-order valence-electron chi connectivity index (χ3n) is 5.94. The Hall–Kier alpha value is -0.960. The van der Waals surface area contributed by atoms with Crippen molar-refractivity contribution in [2.24, 2.45) is 0 Å². The maximum absolute atomic E-state index is 13.6. The molecule has 1 atom stereocenters.